The van der Waals surface area contributed by atoms with E-state index in [1.807, 2.05) is 18.2 Å². The molecule has 3 heteroatoms. The molecule has 0 aliphatic carbocycles. The monoisotopic (exact) mass is 217 g/mol. The fraction of sp³-hybridized carbons (Fsp3) is 0.462. The van der Waals surface area contributed by atoms with Crippen LogP contribution in [0.25, 0.3) is 11.0 Å². The quantitative estimate of drug-likeness (QED) is 0.855. The lowest BCUT2D eigenvalue weighted by Gasteiger charge is -2.12. The van der Waals surface area contributed by atoms with E-state index in [1.54, 1.807) is 0 Å². The summed E-state index contributed by atoms with van der Waals surface area (Å²) in [6, 6.07) is 8.27. The van der Waals surface area contributed by atoms with Gasteiger partial charge in [-0.2, -0.15) is 0 Å². The van der Waals surface area contributed by atoms with Crippen LogP contribution in [-0.4, -0.2) is 9.55 Å². The average Bonchev–Trinajstić information content (AvgIpc) is 2.67. The molecule has 0 aliphatic heterocycles. The van der Waals surface area contributed by atoms with Crippen LogP contribution < -0.4 is 5.73 Å². The van der Waals surface area contributed by atoms with Crippen LogP contribution in [0.1, 0.15) is 38.6 Å². The topological polar surface area (TPSA) is 43.8 Å². The minimum atomic E-state index is 0.0531. The fourth-order valence-electron chi connectivity index (χ4n) is 2.15. The molecule has 1 unspecified atom stereocenters. The second-order valence-electron chi connectivity index (χ2n) is 4.10. The molecule has 3 nitrogen and oxygen atoms in total. The maximum atomic E-state index is 6.16. The molecule has 0 saturated heterocycles. The van der Waals surface area contributed by atoms with E-state index in [9.17, 15) is 0 Å². The Hall–Kier alpha value is -1.35. The summed E-state index contributed by atoms with van der Waals surface area (Å²) in [4.78, 5) is 4.64. The van der Waals surface area contributed by atoms with Crippen molar-refractivity contribution in [1.82, 2.24) is 9.55 Å². The minimum absolute atomic E-state index is 0.0531. The molecule has 1 heterocycles. The Bertz CT molecular complexity index is 473. The molecule has 0 amide bonds. The molecule has 1 atom stereocenters. The third kappa shape index (κ3) is 1.83. The number of nitrogens with zero attached hydrogens (tertiary/aromatic N) is 2. The van der Waals surface area contributed by atoms with Crippen molar-refractivity contribution in [2.24, 2.45) is 5.73 Å². The first-order valence-corrected chi connectivity index (χ1v) is 5.98. The van der Waals surface area contributed by atoms with Crippen molar-refractivity contribution in [1.29, 1.82) is 0 Å². The molecular formula is C13H19N3. The van der Waals surface area contributed by atoms with Gasteiger partial charge in [-0.15, -0.1) is 0 Å². The van der Waals surface area contributed by atoms with Gasteiger partial charge in [0.2, 0.25) is 0 Å². The summed E-state index contributed by atoms with van der Waals surface area (Å²) in [6.07, 6.45) is 2.08. The summed E-state index contributed by atoms with van der Waals surface area (Å²) in [5.74, 6) is 1.02. The molecule has 0 bridgehead atoms. The summed E-state index contributed by atoms with van der Waals surface area (Å²) in [7, 11) is 0. The van der Waals surface area contributed by atoms with Gasteiger partial charge in [-0.1, -0.05) is 25.5 Å². The van der Waals surface area contributed by atoms with Crippen molar-refractivity contribution in [3.8, 4) is 0 Å². The SMILES string of the molecule is CCCC(N)c1nc2ccccc2n1CC. The molecule has 1 aromatic heterocycles. The Balaban J connectivity index is 2.51. The molecule has 1 aromatic carbocycles. The van der Waals surface area contributed by atoms with Gasteiger partial charge in [0, 0.05) is 6.54 Å². The summed E-state index contributed by atoms with van der Waals surface area (Å²) >= 11 is 0. The largest absolute Gasteiger partial charge is 0.327 e. The Morgan fingerprint density at radius 1 is 1.31 bits per heavy atom. The lowest BCUT2D eigenvalue weighted by Crippen LogP contribution is -2.16. The average molecular weight is 217 g/mol. The third-order valence-corrected chi connectivity index (χ3v) is 2.93. The lowest BCUT2D eigenvalue weighted by atomic mass is 10.2. The van der Waals surface area contributed by atoms with E-state index < -0.39 is 0 Å². The third-order valence-electron chi connectivity index (χ3n) is 2.93. The van der Waals surface area contributed by atoms with Crippen molar-refractivity contribution in [3.63, 3.8) is 0 Å². The normalized spacial score (nSPS) is 13.2. The zero-order chi connectivity index (χ0) is 11.5. The number of para-hydroxylation sites is 2. The molecule has 2 N–H and O–H groups in total. The summed E-state index contributed by atoms with van der Waals surface area (Å²) in [6.45, 7) is 5.21. The van der Waals surface area contributed by atoms with Gasteiger partial charge in [-0.3, -0.25) is 0 Å². The fourth-order valence-corrected chi connectivity index (χ4v) is 2.15. The van der Waals surface area contributed by atoms with Gasteiger partial charge < -0.3 is 10.3 Å². The van der Waals surface area contributed by atoms with Crippen molar-refractivity contribution in [2.45, 2.75) is 39.3 Å². The van der Waals surface area contributed by atoms with Gasteiger partial charge in [0.1, 0.15) is 5.82 Å². The van der Waals surface area contributed by atoms with E-state index in [1.165, 1.54) is 5.52 Å². The smallest absolute Gasteiger partial charge is 0.126 e. The Morgan fingerprint density at radius 2 is 2.06 bits per heavy atom. The van der Waals surface area contributed by atoms with Crippen LogP contribution in [0.5, 0.6) is 0 Å². The van der Waals surface area contributed by atoms with Crippen LogP contribution in [-0.2, 0) is 6.54 Å². The first kappa shape index (κ1) is 11.1. The van der Waals surface area contributed by atoms with Crippen LogP contribution >= 0.6 is 0 Å². The summed E-state index contributed by atoms with van der Waals surface area (Å²) in [5.41, 5.74) is 8.40. The summed E-state index contributed by atoms with van der Waals surface area (Å²) < 4.78 is 2.22. The maximum absolute atomic E-state index is 6.16. The highest BCUT2D eigenvalue weighted by Crippen LogP contribution is 2.21. The highest BCUT2D eigenvalue weighted by Gasteiger charge is 2.14. The predicted molar refractivity (Wildman–Crippen MR) is 67.2 cm³/mol. The van der Waals surface area contributed by atoms with Crippen molar-refractivity contribution >= 4 is 11.0 Å². The zero-order valence-corrected chi connectivity index (χ0v) is 9.98. The Kier molecular flexibility index (Phi) is 3.25. The highest BCUT2D eigenvalue weighted by atomic mass is 15.1. The van der Waals surface area contributed by atoms with Gasteiger partial charge in [0.15, 0.2) is 0 Å². The van der Waals surface area contributed by atoms with Crippen LogP contribution in [0.2, 0.25) is 0 Å². The number of nitrogens with two attached hydrogens (primary N) is 1. The highest BCUT2D eigenvalue weighted by molar-refractivity contribution is 5.76. The van der Waals surface area contributed by atoms with E-state index in [-0.39, 0.29) is 6.04 Å². The Labute approximate surface area is 96.3 Å². The first-order valence-electron chi connectivity index (χ1n) is 5.98. The van der Waals surface area contributed by atoms with Crippen molar-refractivity contribution in [2.75, 3.05) is 0 Å². The van der Waals surface area contributed by atoms with E-state index in [0.717, 1.165) is 30.7 Å². The number of aryl methyl sites for hydroxylation is 1. The zero-order valence-electron chi connectivity index (χ0n) is 9.98. The van der Waals surface area contributed by atoms with Crippen molar-refractivity contribution < 1.29 is 0 Å². The van der Waals surface area contributed by atoms with E-state index in [4.69, 9.17) is 5.73 Å². The molecule has 0 fully saturated rings. The van der Waals surface area contributed by atoms with Gasteiger partial charge >= 0.3 is 0 Å². The number of fused-ring (bicyclic) bond motifs is 1. The van der Waals surface area contributed by atoms with Gasteiger partial charge in [-0.25, -0.2) is 4.98 Å². The molecular weight excluding hydrogens is 198 g/mol. The standard InChI is InChI=1S/C13H19N3/c1-3-7-10(14)13-15-11-8-5-6-9-12(11)16(13)4-2/h5-6,8-10H,3-4,7,14H2,1-2H3. The van der Waals surface area contributed by atoms with Crippen LogP contribution in [0.4, 0.5) is 0 Å². The number of rotatable bonds is 4. The molecule has 86 valence electrons. The molecule has 0 spiro atoms. The van der Waals surface area contributed by atoms with Crippen molar-refractivity contribution in [3.05, 3.63) is 30.1 Å². The second-order valence-corrected chi connectivity index (χ2v) is 4.10. The Morgan fingerprint density at radius 3 is 2.75 bits per heavy atom. The predicted octanol–water partition coefficient (Wildman–Crippen LogP) is 2.86. The molecule has 16 heavy (non-hydrogen) atoms. The van der Waals surface area contributed by atoms with Crippen LogP contribution in [0.15, 0.2) is 24.3 Å². The van der Waals surface area contributed by atoms with E-state index in [0.29, 0.717) is 0 Å². The number of hydrogen-bond acceptors (Lipinski definition) is 2. The van der Waals surface area contributed by atoms with Gasteiger partial charge in [0.25, 0.3) is 0 Å². The van der Waals surface area contributed by atoms with Gasteiger partial charge in [-0.05, 0) is 25.5 Å². The summed E-state index contributed by atoms with van der Waals surface area (Å²) in [5, 5.41) is 0. The molecule has 0 radical (unpaired) electrons. The maximum Gasteiger partial charge on any atom is 0.126 e. The molecule has 0 saturated carbocycles. The van der Waals surface area contributed by atoms with Crippen LogP contribution in [0, 0.1) is 0 Å². The first-order chi connectivity index (χ1) is 7.77. The number of hydrogen-bond donors (Lipinski definition) is 1. The van der Waals surface area contributed by atoms with E-state index in [2.05, 4.69) is 29.5 Å². The molecule has 2 rings (SSSR count). The number of aromatic nitrogens is 2. The lowest BCUT2D eigenvalue weighted by molar-refractivity contribution is 0.566. The number of imidazole rings is 1. The number of benzene rings is 1. The minimum Gasteiger partial charge on any atom is -0.327 e. The second kappa shape index (κ2) is 4.66. The molecule has 2 aromatic rings. The van der Waals surface area contributed by atoms with Crippen LogP contribution in [0.3, 0.4) is 0 Å². The van der Waals surface area contributed by atoms with Gasteiger partial charge in [0.05, 0.1) is 17.1 Å². The molecule has 0 aliphatic rings. The van der Waals surface area contributed by atoms with E-state index >= 15 is 0 Å².